The zero-order valence-corrected chi connectivity index (χ0v) is 22.6. The molecule has 6 atom stereocenters. The van der Waals surface area contributed by atoms with Crippen molar-refractivity contribution in [2.24, 2.45) is 23.7 Å². The van der Waals surface area contributed by atoms with Crippen LogP contribution in [0, 0.1) is 30.8 Å². The Labute approximate surface area is 235 Å². The highest BCUT2D eigenvalue weighted by Gasteiger charge is 2.77. The lowest BCUT2D eigenvalue weighted by molar-refractivity contribution is -0.371. The molecule has 17 heteroatoms. The first-order valence-corrected chi connectivity index (χ1v) is 12.7. The fourth-order valence-corrected chi connectivity index (χ4v) is 7.19. The van der Waals surface area contributed by atoms with Crippen molar-refractivity contribution in [1.82, 2.24) is 0 Å². The van der Waals surface area contributed by atoms with Crippen LogP contribution in [0.1, 0.15) is 23.2 Å². The summed E-state index contributed by atoms with van der Waals surface area (Å²) in [4.78, 5) is 49.1. The van der Waals surface area contributed by atoms with Crippen LogP contribution in [0.15, 0.2) is 12.1 Å². The molecule has 1 aromatic rings. The van der Waals surface area contributed by atoms with Gasteiger partial charge in [-0.05, 0) is 63.7 Å². The number of halogens is 8. The van der Waals surface area contributed by atoms with Gasteiger partial charge in [-0.3, -0.25) is 14.4 Å². The number of hydrogen-bond acceptors (Lipinski definition) is 8. The average Bonchev–Trinajstić information content (AvgIpc) is 3.37. The van der Waals surface area contributed by atoms with Gasteiger partial charge in [0.1, 0.15) is 29.9 Å². The Bertz CT molecular complexity index is 1200. The lowest BCUT2D eigenvalue weighted by Crippen LogP contribution is -2.61. The molecule has 3 fully saturated rings. The third-order valence-electron chi connectivity index (χ3n) is 6.90. The molecule has 3 aliphatic rings. The highest BCUT2D eigenvalue weighted by atomic mass is 127. The molecule has 2 bridgehead atoms. The van der Waals surface area contributed by atoms with E-state index >= 15 is 0 Å². The van der Waals surface area contributed by atoms with Gasteiger partial charge in [0.05, 0.1) is 15.4 Å². The number of alkyl halides is 6. The second-order valence-corrected chi connectivity index (χ2v) is 11.4. The summed E-state index contributed by atoms with van der Waals surface area (Å²) >= 11 is 3.59. The number of phenolic OH excluding ortho intramolecular Hbond substituents is 1. The Balaban J connectivity index is 1.66. The number of carbonyl (C=O) groups excluding carboxylic acids is 3. The zero-order chi connectivity index (χ0) is 28.5. The number of ether oxygens (including phenoxy) is 3. The number of phenols is 1. The summed E-state index contributed by atoms with van der Waals surface area (Å²) in [5, 5.41) is 19.0. The quantitative estimate of drug-likeness (QED) is 0.191. The summed E-state index contributed by atoms with van der Waals surface area (Å²) in [7, 11) is 0. The number of fused-ring (bicyclic) bond motifs is 1. The molecule has 0 radical (unpaired) electrons. The van der Waals surface area contributed by atoms with Gasteiger partial charge in [-0.2, -0.15) is 26.3 Å². The van der Waals surface area contributed by atoms with Crippen molar-refractivity contribution >= 4 is 69.1 Å². The second-order valence-electron chi connectivity index (χ2n) is 8.98. The van der Waals surface area contributed by atoms with E-state index in [9.17, 15) is 50.6 Å². The van der Waals surface area contributed by atoms with Crippen molar-refractivity contribution < 1.29 is 69.9 Å². The van der Waals surface area contributed by atoms with Crippen LogP contribution in [0.3, 0.4) is 0 Å². The first-order chi connectivity index (χ1) is 17.4. The fraction of sp³-hybridized carbons (Fsp3) is 0.524. The predicted molar refractivity (Wildman–Crippen MR) is 124 cm³/mol. The molecule has 0 spiro atoms. The highest BCUT2D eigenvalue weighted by molar-refractivity contribution is 14.1. The van der Waals surface area contributed by atoms with Gasteiger partial charge < -0.3 is 24.4 Å². The number of hydrogen-bond donors (Lipinski definition) is 2. The van der Waals surface area contributed by atoms with E-state index in [1.807, 2.05) is 22.6 Å². The van der Waals surface area contributed by atoms with Crippen LogP contribution in [0.2, 0.25) is 0 Å². The second kappa shape index (κ2) is 9.54. The summed E-state index contributed by atoms with van der Waals surface area (Å²) in [5.74, 6) is -12.9. The predicted octanol–water partition coefficient (Wildman–Crippen LogP) is 3.82. The van der Waals surface area contributed by atoms with Gasteiger partial charge in [0, 0.05) is 15.4 Å². The standard InChI is InChI=1S/C21H14F6I2O9/c22-20(23,24)19(4-10(30)31,21(25,26)27)38-18(35)12-7-3-6-11(12)17(34)37-15(6)14(7)36-16(33)8-1-5(28)2-9(29)13(8)32/h1-2,6-7,11-12,14-15,32H,3-4H2,(H,30,31). The SMILES string of the molecule is O=C(O)CC(OC(=O)C1C2CC3C(OC(=O)C31)C2OC(=O)c1cc(I)cc(I)c1O)(C(F)(F)F)C(F)(F)F. The lowest BCUT2D eigenvalue weighted by Gasteiger charge is -2.37. The van der Waals surface area contributed by atoms with E-state index in [0.29, 0.717) is 3.57 Å². The van der Waals surface area contributed by atoms with Crippen molar-refractivity contribution in [3.05, 3.63) is 24.8 Å². The molecule has 1 saturated heterocycles. The van der Waals surface area contributed by atoms with Crippen molar-refractivity contribution in [1.29, 1.82) is 0 Å². The number of aromatic hydroxyl groups is 1. The number of esters is 3. The molecular formula is C21H14F6I2O9. The maximum Gasteiger partial charge on any atom is 0.438 e. The molecular weight excluding hydrogens is 764 g/mol. The minimum atomic E-state index is -6.37. The Kier molecular flexibility index (Phi) is 7.27. The molecule has 2 aliphatic carbocycles. The van der Waals surface area contributed by atoms with Crippen LogP contribution >= 0.6 is 45.2 Å². The number of rotatable bonds is 6. The van der Waals surface area contributed by atoms with E-state index in [1.165, 1.54) is 12.1 Å². The normalized spacial score (nSPS) is 28.3. The topological polar surface area (TPSA) is 136 Å². The minimum Gasteiger partial charge on any atom is -0.506 e. The maximum atomic E-state index is 13.6. The number of aliphatic carboxylic acids is 1. The molecule has 38 heavy (non-hydrogen) atoms. The molecule has 208 valence electrons. The summed E-state index contributed by atoms with van der Waals surface area (Å²) in [5.41, 5.74) is -5.69. The molecule has 1 aromatic carbocycles. The molecule has 4 rings (SSSR count). The van der Waals surface area contributed by atoms with E-state index in [4.69, 9.17) is 14.6 Å². The summed E-state index contributed by atoms with van der Waals surface area (Å²) < 4.78 is 97.0. The molecule has 9 nitrogen and oxygen atoms in total. The number of carboxylic acid groups (broad SMARTS) is 1. The van der Waals surface area contributed by atoms with E-state index in [0.717, 1.165) is 0 Å². The van der Waals surface area contributed by atoms with Crippen LogP contribution in [0.25, 0.3) is 0 Å². The maximum absolute atomic E-state index is 13.6. The Morgan fingerprint density at radius 1 is 1.05 bits per heavy atom. The van der Waals surface area contributed by atoms with Crippen molar-refractivity contribution in [3.63, 3.8) is 0 Å². The van der Waals surface area contributed by atoms with Gasteiger partial charge in [-0.25, -0.2) is 4.79 Å². The van der Waals surface area contributed by atoms with E-state index in [-0.39, 0.29) is 15.6 Å². The van der Waals surface area contributed by atoms with Crippen LogP contribution in [0.5, 0.6) is 5.75 Å². The van der Waals surface area contributed by atoms with Gasteiger partial charge in [0.25, 0.3) is 0 Å². The molecule has 2 N–H and O–H groups in total. The third kappa shape index (κ3) is 4.55. The third-order valence-corrected chi connectivity index (χ3v) is 8.35. The van der Waals surface area contributed by atoms with Crippen molar-refractivity contribution in [2.75, 3.05) is 0 Å². The molecule has 6 unspecified atom stereocenters. The van der Waals surface area contributed by atoms with Crippen LogP contribution in [0.4, 0.5) is 26.3 Å². The van der Waals surface area contributed by atoms with Gasteiger partial charge >= 0.3 is 41.8 Å². The molecule has 1 aliphatic heterocycles. The number of benzene rings is 1. The zero-order valence-electron chi connectivity index (χ0n) is 18.3. The fourth-order valence-electron chi connectivity index (χ4n) is 5.34. The largest absolute Gasteiger partial charge is 0.506 e. The van der Waals surface area contributed by atoms with Crippen LogP contribution in [-0.2, 0) is 28.6 Å². The highest BCUT2D eigenvalue weighted by Crippen LogP contribution is 2.60. The first-order valence-electron chi connectivity index (χ1n) is 10.6. The molecule has 1 heterocycles. The van der Waals surface area contributed by atoms with Gasteiger partial charge in [-0.1, -0.05) is 0 Å². The van der Waals surface area contributed by atoms with Gasteiger partial charge in [-0.15, -0.1) is 0 Å². The smallest absolute Gasteiger partial charge is 0.438 e. The van der Waals surface area contributed by atoms with E-state index in [1.54, 1.807) is 22.6 Å². The van der Waals surface area contributed by atoms with Gasteiger partial charge in [0.2, 0.25) is 0 Å². The van der Waals surface area contributed by atoms with Crippen LogP contribution < -0.4 is 0 Å². The van der Waals surface area contributed by atoms with Gasteiger partial charge in [0.15, 0.2) is 0 Å². The Morgan fingerprint density at radius 3 is 2.21 bits per heavy atom. The monoisotopic (exact) mass is 778 g/mol. The van der Waals surface area contributed by atoms with Crippen LogP contribution in [-0.4, -0.2) is 64.3 Å². The first kappa shape index (κ1) is 28.9. The average molecular weight is 778 g/mol. The number of carboxylic acids is 1. The van der Waals surface area contributed by atoms with E-state index in [2.05, 4.69) is 4.74 Å². The molecule has 2 saturated carbocycles. The minimum absolute atomic E-state index is 0.126. The molecule has 0 aromatic heterocycles. The Morgan fingerprint density at radius 2 is 1.66 bits per heavy atom. The Hall–Kier alpha value is -2.06. The lowest BCUT2D eigenvalue weighted by atomic mass is 9.78. The number of carbonyl (C=O) groups is 4. The van der Waals surface area contributed by atoms with Crippen molar-refractivity contribution in [2.45, 2.75) is 43.0 Å². The summed E-state index contributed by atoms with van der Waals surface area (Å²) in [6.07, 6.45) is -18.1. The molecule has 0 amide bonds. The summed E-state index contributed by atoms with van der Waals surface area (Å²) in [6.45, 7) is 0. The van der Waals surface area contributed by atoms with E-state index < -0.39 is 89.9 Å². The summed E-state index contributed by atoms with van der Waals surface area (Å²) in [6, 6.07) is 2.79. The van der Waals surface area contributed by atoms with Crippen molar-refractivity contribution in [3.8, 4) is 5.75 Å².